The normalized spacial score (nSPS) is 15.3. The Bertz CT molecular complexity index is 690. The van der Waals surface area contributed by atoms with Crippen molar-refractivity contribution < 1.29 is 18.0 Å². The van der Waals surface area contributed by atoms with Crippen LogP contribution < -0.4 is 4.90 Å². The summed E-state index contributed by atoms with van der Waals surface area (Å²) in [5.41, 5.74) is -0.783. The number of carbonyl (C=O) groups excluding carboxylic acids is 1. The molecule has 1 aliphatic rings. The molecule has 1 saturated heterocycles. The van der Waals surface area contributed by atoms with Crippen LogP contribution in [-0.2, 0) is 6.18 Å². The molecule has 2 heterocycles. The maximum atomic E-state index is 12.7. The van der Waals surface area contributed by atoms with Gasteiger partial charge >= 0.3 is 6.18 Å². The first-order chi connectivity index (χ1) is 10.4. The summed E-state index contributed by atoms with van der Waals surface area (Å²) in [6.07, 6.45) is -0.821. The Hall–Kier alpha value is -1.89. The minimum Gasteiger partial charge on any atom is -0.348 e. The largest absolute Gasteiger partial charge is 0.416 e. The van der Waals surface area contributed by atoms with Crippen molar-refractivity contribution in [2.75, 3.05) is 18.0 Å². The zero-order chi connectivity index (χ0) is 15.7. The minimum atomic E-state index is -4.45. The molecule has 3 nitrogen and oxygen atoms in total. The Morgan fingerprint density at radius 1 is 1.23 bits per heavy atom. The molecule has 3 rings (SSSR count). The van der Waals surface area contributed by atoms with Gasteiger partial charge in [0.25, 0.3) is 0 Å². The topological polar surface area (TPSA) is 33.2 Å². The van der Waals surface area contributed by atoms with E-state index in [0.717, 1.165) is 43.2 Å². The third-order valence-corrected chi connectivity index (χ3v) is 4.60. The number of ketones is 1. The van der Waals surface area contributed by atoms with Crippen LogP contribution in [0.2, 0.25) is 0 Å². The van der Waals surface area contributed by atoms with E-state index in [2.05, 4.69) is 9.88 Å². The third kappa shape index (κ3) is 2.99. The van der Waals surface area contributed by atoms with Gasteiger partial charge in [-0.2, -0.15) is 13.2 Å². The van der Waals surface area contributed by atoms with E-state index >= 15 is 0 Å². The van der Waals surface area contributed by atoms with Gasteiger partial charge in [-0.25, -0.2) is 4.98 Å². The zero-order valence-corrected chi connectivity index (χ0v) is 12.4. The Labute approximate surface area is 129 Å². The molecule has 0 radical (unpaired) electrons. The molecule has 0 spiro atoms. The second-order valence-corrected chi connectivity index (χ2v) is 6.12. The number of thiazole rings is 1. The van der Waals surface area contributed by atoms with Crippen LogP contribution in [0.15, 0.2) is 30.5 Å². The molecule has 2 aromatic rings. The molecule has 0 atom stereocenters. The van der Waals surface area contributed by atoms with E-state index in [4.69, 9.17) is 0 Å². The summed E-state index contributed by atoms with van der Waals surface area (Å²) < 4.78 is 38.1. The molecule has 0 amide bonds. The van der Waals surface area contributed by atoms with Gasteiger partial charge in [0.05, 0.1) is 16.6 Å². The van der Waals surface area contributed by atoms with Crippen molar-refractivity contribution in [1.82, 2.24) is 4.98 Å². The number of nitrogens with zero attached hydrogens (tertiary/aromatic N) is 2. The summed E-state index contributed by atoms with van der Waals surface area (Å²) in [4.78, 5) is 19.0. The average molecular weight is 326 g/mol. The Kier molecular flexibility index (Phi) is 3.90. The number of rotatable bonds is 3. The number of alkyl halides is 3. The van der Waals surface area contributed by atoms with Crippen LogP contribution in [0, 0.1) is 0 Å². The van der Waals surface area contributed by atoms with Crippen molar-refractivity contribution in [3.63, 3.8) is 0 Å². The van der Waals surface area contributed by atoms with Crippen molar-refractivity contribution in [2.45, 2.75) is 19.0 Å². The van der Waals surface area contributed by atoms with Gasteiger partial charge in [0.1, 0.15) is 0 Å². The maximum Gasteiger partial charge on any atom is 0.416 e. The first-order valence-corrected chi connectivity index (χ1v) is 7.69. The highest BCUT2D eigenvalue weighted by Gasteiger charge is 2.31. The van der Waals surface area contributed by atoms with Crippen LogP contribution in [0.4, 0.5) is 18.3 Å². The standard InChI is InChI=1S/C15H13F3N2OS/c16-15(17,18)11-5-3-4-10(8-11)13(21)12-9-19-14(22-12)20-6-1-2-7-20/h3-5,8-9H,1-2,6-7H2. The molecule has 0 N–H and O–H groups in total. The summed E-state index contributed by atoms with van der Waals surface area (Å²) in [5.74, 6) is -0.422. The number of carbonyl (C=O) groups is 1. The number of benzene rings is 1. The summed E-state index contributed by atoms with van der Waals surface area (Å²) in [5, 5.41) is 0.757. The molecule has 7 heteroatoms. The van der Waals surface area contributed by atoms with E-state index in [1.807, 2.05) is 0 Å². The zero-order valence-electron chi connectivity index (χ0n) is 11.6. The lowest BCUT2D eigenvalue weighted by Crippen LogP contribution is -2.16. The molecule has 22 heavy (non-hydrogen) atoms. The molecule has 0 unspecified atom stereocenters. The fourth-order valence-corrected chi connectivity index (χ4v) is 3.33. The number of hydrogen-bond donors (Lipinski definition) is 0. The van der Waals surface area contributed by atoms with Gasteiger partial charge < -0.3 is 4.90 Å². The first-order valence-electron chi connectivity index (χ1n) is 6.88. The quantitative estimate of drug-likeness (QED) is 0.800. The van der Waals surface area contributed by atoms with Crippen molar-refractivity contribution in [3.05, 3.63) is 46.5 Å². The maximum absolute atomic E-state index is 12.7. The van der Waals surface area contributed by atoms with E-state index < -0.39 is 17.5 Å². The van der Waals surface area contributed by atoms with Gasteiger partial charge in [0, 0.05) is 18.7 Å². The van der Waals surface area contributed by atoms with E-state index in [1.54, 1.807) is 0 Å². The minimum absolute atomic E-state index is 0.0337. The predicted octanol–water partition coefficient (Wildman–Crippen LogP) is 3.99. The lowest BCUT2D eigenvalue weighted by molar-refractivity contribution is -0.137. The Morgan fingerprint density at radius 2 is 1.95 bits per heavy atom. The third-order valence-electron chi connectivity index (χ3n) is 3.55. The fraction of sp³-hybridized carbons (Fsp3) is 0.333. The number of anilines is 1. The highest BCUT2D eigenvalue weighted by Crippen LogP contribution is 2.31. The molecule has 0 bridgehead atoms. The van der Waals surface area contributed by atoms with Crippen LogP contribution in [0.1, 0.15) is 33.6 Å². The number of aromatic nitrogens is 1. The highest BCUT2D eigenvalue weighted by molar-refractivity contribution is 7.17. The van der Waals surface area contributed by atoms with E-state index in [1.165, 1.54) is 29.7 Å². The summed E-state index contributed by atoms with van der Waals surface area (Å²) >= 11 is 1.23. The van der Waals surface area contributed by atoms with Crippen molar-refractivity contribution >= 4 is 22.3 Å². The number of halogens is 3. The monoisotopic (exact) mass is 326 g/mol. The number of hydrogen-bond acceptors (Lipinski definition) is 4. The van der Waals surface area contributed by atoms with Crippen LogP contribution in [-0.4, -0.2) is 23.9 Å². The van der Waals surface area contributed by atoms with Gasteiger partial charge in [-0.3, -0.25) is 4.79 Å². The van der Waals surface area contributed by atoms with E-state index in [0.29, 0.717) is 4.88 Å². The van der Waals surface area contributed by atoms with Gasteiger partial charge in [0.15, 0.2) is 5.13 Å². The molecule has 0 saturated carbocycles. The second-order valence-electron chi connectivity index (χ2n) is 5.11. The highest BCUT2D eigenvalue weighted by atomic mass is 32.1. The average Bonchev–Trinajstić information content (AvgIpc) is 3.16. The lowest BCUT2D eigenvalue weighted by Gasteiger charge is -2.12. The van der Waals surface area contributed by atoms with Crippen LogP contribution in [0.5, 0.6) is 0 Å². The Balaban J connectivity index is 1.85. The summed E-state index contributed by atoms with van der Waals surface area (Å²) in [6, 6.07) is 4.49. The van der Waals surface area contributed by atoms with Gasteiger partial charge in [0.2, 0.25) is 5.78 Å². The fourth-order valence-electron chi connectivity index (χ4n) is 2.40. The molecular weight excluding hydrogens is 313 g/mol. The van der Waals surface area contributed by atoms with Gasteiger partial charge in [-0.1, -0.05) is 23.5 Å². The smallest absolute Gasteiger partial charge is 0.348 e. The van der Waals surface area contributed by atoms with E-state index in [9.17, 15) is 18.0 Å². The summed E-state index contributed by atoms with van der Waals surface area (Å²) in [7, 11) is 0. The van der Waals surface area contributed by atoms with Crippen LogP contribution >= 0.6 is 11.3 Å². The second kappa shape index (κ2) is 5.72. The van der Waals surface area contributed by atoms with Crippen molar-refractivity contribution in [2.24, 2.45) is 0 Å². The van der Waals surface area contributed by atoms with Crippen molar-refractivity contribution in [1.29, 1.82) is 0 Å². The molecule has 1 aromatic carbocycles. The van der Waals surface area contributed by atoms with E-state index in [-0.39, 0.29) is 5.56 Å². The SMILES string of the molecule is O=C(c1cccc(C(F)(F)F)c1)c1cnc(N2CCCC2)s1. The predicted molar refractivity (Wildman–Crippen MR) is 78.4 cm³/mol. The van der Waals surface area contributed by atoms with Crippen LogP contribution in [0.25, 0.3) is 0 Å². The molecule has 1 aromatic heterocycles. The van der Waals surface area contributed by atoms with Crippen LogP contribution in [0.3, 0.4) is 0 Å². The molecule has 0 aliphatic carbocycles. The van der Waals surface area contributed by atoms with Gasteiger partial charge in [-0.15, -0.1) is 0 Å². The molecule has 1 fully saturated rings. The molecule has 116 valence electrons. The van der Waals surface area contributed by atoms with Crippen molar-refractivity contribution in [3.8, 4) is 0 Å². The molecule has 1 aliphatic heterocycles. The lowest BCUT2D eigenvalue weighted by atomic mass is 10.1. The van der Waals surface area contributed by atoms with Gasteiger partial charge in [-0.05, 0) is 25.0 Å². The Morgan fingerprint density at radius 3 is 2.64 bits per heavy atom. The summed E-state index contributed by atoms with van der Waals surface area (Å²) in [6.45, 7) is 1.81. The molecular formula is C15H13F3N2OS. The first kappa shape index (κ1) is 15.0.